The Hall–Kier alpha value is -1.96. The molecule has 5 nitrogen and oxygen atoms in total. The summed E-state index contributed by atoms with van der Waals surface area (Å²) in [7, 11) is 0. The van der Waals surface area contributed by atoms with Gasteiger partial charge in [0.25, 0.3) is 0 Å². The molecule has 3 N–H and O–H groups in total. The number of benzene rings is 1. The van der Waals surface area contributed by atoms with E-state index in [0.29, 0.717) is 12.8 Å². The number of ether oxygens (including phenoxy) is 1. The highest BCUT2D eigenvalue weighted by Crippen LogP contribution is 2.41. The molecular formula is C21H26F5N3O2. The fraction of sp³-hybridized carbons (Fsp3) is 0.667. The molecule has 2 aliphatic carbocycles. The van der Waals surface area contributed by atoms with E-state index in [1.807, 2.05) is 6.07 Å². The van der Waals surface area contributed by atoms with Crippen molar-refractivity contribution in [2.45, 2.75) is 74.8 Å². The summed E-state index contributed by atoms with van der Waals surface area (Å²) in [5.41, 5.74) is -0.955. The second kappa shape index (κ2) is 9.27. The Kier molecular flexibility index (Phi) is 7.08. The van der Waals surface area contributed by atoms with E-state index in [4.69, 9.17) is 5.26 Å². The molecular weight excluding hydrogens is 421 g/mol. The fourth-order valence-corrected chi connectivity index (χ4v) is 3.34. The summed E-state index contributed by atoms with van der Waals surface area (Å²) in [6, 6.07) is 4.86. The number of nitriles is 1. The largest absolute Gasteiger partial charge is 0.432 e. The number of nitrogens with one attached hydrogen (secondary N) is 2. The van der Waals surface area contributed by atoms with Gasteiger partial charge in [-0.15, -0.1) is 0 Å². The van der Waals surface area contributed by atoms with Gasteiger partial charge in [-0.25, -0.2) is 13.2 Å². The molecule has 2 atom stereocenters. The molecule has 0 aliphatic heterocycles. The maximum absolute atomic E-state index is 14.2. The van der Waals surface area contributed by atoms with Crippen molar-refractivity contribution < 1.29 is 31.8 Å². The number of aliphatic hydroxyl groups excluding tert-OH is 1. The Morgan fingerprint density at radius 2 is 1.84 bits per heavy atom. The van der Waals surface area contributed by atoms with E-state index >= 15 is 0 Å². The van der Waals surface area contributed by atoms with Gasteiger partial charge >= 0.3 is 6.11 Å². The summed E-state index contributed by atoms with van der Waals surface area (Å²) in [5.74, 6) is -3.84. The molecule has 2 aliphatic rings. The van der Waals surface area contributed by atoms with Crippen molar-refractivity contribution in [2.24, 2.45) is 5.92 Å². The first-order chi connectivity index (χ1) is 14.5. The van der Waals surface area contributed by atoms with E-state index in [0.717, 1.165) is 37.1 Å². The lowest BCUT2D eigenvalue weighted by atomic mass is 10.0. The quantitative estimate of drug-likeness (QED) is 0.316. The maximum Gasteiger partial charge on any atom is 0.410 e. The number of aliphatic hydroxyl groups is 1. The normalized spacial score (nSPS) is 20.0. The summed E-state index contributed by atoms with van der Waals surface area (Å²) in [6.45, 7) is -1.07. The van der Waals surface area contributed by atoms with Crippen LogP contribution in [0, 0.1) is 23.1 Å². The Morgan fingerprint density at radius 1 is 1.19 bits per heavy atom. The molecule has 0 spiro atoms. The van der Waals surface area contributed by atoms with Crippen molar-refractivity contribution in [3.63, 3.8) is 0 Å². The lowest BCUT2D eigenvalue weighted by Crippen LogP contribution is -2.55. The van der Waals surface area contributed by atoms with Crippen molar-refractivity contribution >= 4 is 0 Å². The van der Waals surface area contributed by atoms with Crippen LogP contribution in [0.3, 0.4) is 0 Å². The van der Waals surface area contributed by atoms with Gasteiger partial charge in [-0.3, -0.25) is 5.32 Å². The number of rotatable bonds is 13. The predicted molar refractivity (Wildman–Crippen MR) is 102 cm³/mol. The third kappa shape index (κ3) is 7.59. The molecule has 3 rings (SSSR count). The van der Waals surface area contributed by atoms with Crippen molar-refractivity contribution in [1.29, 1.82) is 5.26 Å². The van der Waals surface area contributed by atoms with Gasteiger partial charge < -0.3 is 15.2 Å². The average Bonchev–Trinajstić information content (AvgIpc) is 3.61. The van der Waals surface area contributed by atoms with Crippen molar-refractivity contribution in [2.75, 3.05) is 6.54 Å². The van der Waals surface area contributed by atoms with Gasteiger partial charge in [0.05, 0.1) is 6.07 Å². The number of halogens is 5. The zero-order valence-corrected chi connectivity index (χ0v) is 16.9. The highest BCUT2D eigenvalue weighted by atomic mass is 19.3. The van der Waals surface area contributed by atoms with Gasteiger partial charge in [0.2, 0.25) is 5.92 Å². The van der Waals surface area contributed by atoms with Gasteiger partial charge in [-0.05, 0) is 62.3 Å². The van der Waals surface area contributed by atoms with Crippen LogP contribution in [-0.2, 0) is 0 Å². The van der Waals surface area contributed by atoms with Crippen LogP contribution in [0.15, 0.2) is 24.3 Å². The molecule has 0 aromatic heterocycles. The molecule has 10 heteroatoms. The van der Waals surface area contributed by atoms with Crippen LogP contribution < -0.4 is 15.4 Å². The molecule has 0 amide bonds. The molecule has 2 saturated carbocycles. The molecule has 1 unspecified atom stereocenters. The second-order valence-electron chi connectivity index (χ2n) is 8.51. The Labute approximate surface area is 177 Å². The van der Waals surface area contributed by atoms with Gasteiger partial charge in [0, 0.05) is 18.9 Å². The Morgan fingerprint density at radius 3 is 2.39 bits per heavy atom. The highest BCUT2D eigenvalue weighted by molar-refractivity contribution is 5.22. The zero-order valence-electron chi connectivity index (χ0n) is 16.9. The topological polar surface area (TPSA) is 77.3 Å². The third-order valence-corrected chi connectivity index (χ3v) is 5.53. The monoisotopic (exact) mass is 447 g/mol. The number of hydrogen-bond donors (Lipinski definition) is 3. The molecule has 31 heavy (non-hydrogen) atoms. The van der Waals surface area contributed by atoms with Crippen LogP contribution in [0.2, 0.25) is 0 Å². The molecule has 0 bridgehead atoms. The van der Waals surface area contributed by atoms with E-state index in [1.54, 1.807) is 0 Å². The lowest BCUT2D eigenvalue weighted by Gasteiger charge is -2.30. The van der Waals surface area contributed by atoms with Gasteiger partial charge in [0.15, 0.2) is 0 Å². The van der Waals surface area contributed by atoms with Crippen molar-refractivity contribution in [3.8, 4) is 11.8 Å². The minimum atomic E-state index is -3.74. The average molecular weight is 447 g/mol. The smallest absolute Gasteiger partial charge is 0.410 e. The maximum atomic E-state index is 14.2. The third-order valence-electron chi connectivity index (χ3n) is 5.53. The fourth-order valence-electron chi connectivity index (χ4n) is 3.34. The second-order valence-corrected chi connectivity index (χ2v) is 8.51. The van der Waals surface area contributed by atoms with Crippen molar-refractivity contribution in [1.82, 2.24) is 10.6 Å². The standard InChI is InChI=1S/C21H26F5N3O2/c22-15-3-5-16(6-4-15)31-21(25,26)13-28-17(18(30)29-19(12-27)9-10-19)7-8-20(23,24)11-14-1-2-14/h3-6,14,17-18,28-30H,1-2,7-11,13H2/t17-,18?/m0/s1. The van der Waals surface area contributed by atoms with Crippen LogP contribution in [0.5, 0.6) is 5.75 Å². The van der Waals surface area contributed by atoms with Crippen molar-refractivity contribution in [3.05, 3.63) is 30.1 Å². The summed E-state index contributed by atoms with van der Waals surface area (Å²) >= 11 is 0. The summed E-state index contributed by atoms with van der Waals surface area (Å²) < 4.78 is 74.3. The number of nitrogens with zero attached hydrogens (tertiary/aromatic N) is 1. The first-order valence-electron chi connectivity index (χ1n) is 10.3. The molecule has 0 heterocycles. The molecule has 2 fully saturated rings. The summed E-state index contributed by atoms with van der Waals surface area (Å²) in [5, 5.41) is 24.7. The van der Waals surface area contributed by atoms with E-state index < -0.39 is 48.6 Å². The molecule has 0 radical (unpaired) electrons. The predicted octanol–water partition coefficient (Wildman–Crippen LogP) is 3.94. The van der Waals surface area contributed by atoms with Crippen LogP contribution in [0.4, 0.5) is 22.0 Å². The minimum absolute atomic E-state index is 0.00813. The van der Waals surface area contributed by atoms with Crippen LogP contribution in [-0.4, -0.2) is 41.5 Å². The van der Waals surface area contributed by atoms with E-state index in [2.05, 4.69) is 15.4 Å². The highest BCUT2D eigenvalue weighted by Gasteiger charge is 2.46. The molecule has 1 aromatic carbocycles. The van der Waals surface area contributed by atoms with Crippen LogP contribution in [0.1, 0.15) is 44.9 Å². The lowest BCUT2D eigenvalue weighted by molar-refractivity contribution is -0.174. The van der Waals surface area contributed by atoms with Gasteiger partial charge in [-0.1, -0.05) is 0 Å². The van der Waals surface area contributed by atoms with E-state index in [-0.39, 0.29) is 24.5 Å². The van der Waals surface area contributed by atoms with E-state index in [9.17, 15) is 27.1 Å². The molecule has 172 valence electrons. The summed E-state index contributed by atoms with van der Waals surface area (Å²) in [6.07, 6.45) is -3.83. The molecule has 1 aromatic rings. The first-order valence-corrected chi connectivity index (χ1v) is 10.3. The van der Waals surface area contributed by atoms with Gasteiger partial charge in [0.1, 0.15) is 29.9 Å². The Bertz CT molecular complexity index is 776. The zero-order chi connectivity index (χ0) is 22.7. The van der Waals surface area contributed by atoms with Crippen LogP contribution in [0.25, 0.3) is 0 Å². The minimum Gasteiger partial charge on any atom is -0.432 e. The SMILES string of the molecule is N#CC1(NC(O)[C@H](CCC(F)(F)CC2CC2)NCC(F)(F)Oc2ccc(F)cc2)CC1. The molecule has 0 saturated heterocycles. The Balaban J connectivity index is 1.58. The van der Waals surface area contributed by atoms with E-state index in [1.165, 1.54) is 0 Å². The number of alkyl halides is 4. The number of hydrogen-bond acceptors (Lipinski definition) is 5. The van der Waals surface area contributed by atoms with Crippen LogP contribution >= 0.6 is 0 Å². The first kappa shape index (κ1) is 23.7. The van der Waals surface area contributed by atoms with Gasteiger partial charge in [-0.2, -0.15) is 14.0 Å². The summed E-state index contributed by atoms with van der Waals surface area (Å²) in [4.78, 5) is 0.